The van der Waals surface area contributed by atoms with Gasteiger partial charge in [0.25, 0.3) is 0 Å². The van der Waals surface area contributed by atoms with Crippen LogP contribution in [0.1, 0.15) is 10.4 Å². The maximum absolute atomic E-state index is 9.21. The Hall–Kier alpha value is -2.38. The zero-order chi connectivity index (χ0) is 16.7. The molecule has 0 aliphatic heterocycles. The largest absolute Gasteiger partial charge is 0.369 e. The summed E-state index contributed by atoms with van der Waals surface area (Å²) in [5.41, 5.74) is 0.873. The predicted octanol–water partition coefficient (Wildman–Crippen LogP) is 3.92. The van der Waals surface area contributed by atoms with E-state index in [1.165, 1.54) is 17.6 Å². The minimum atomic E-state index is -0.0110. The van der Waals surface area contributed by atoms with Crippen molar-refractivity contribution in [2.75, 3.05) is 0 Å². The lowest BCUT2D eigenvalue weighted by atomic mass is 10.2. The number of aliphatic imine (C=N–C) groups is 1. The van der Waals surface area contributed by atoms with E-state index < -0.39 is 0 Å². The molecular weight excluding hydrogens is 353 g/mol. The number of benzene rings is 1. The Morgan fingerprint density at radius 1 is 1.26 bits per heavy atom. The summed E-state index contributed by atoms with van der Waals surface area (Å²) in [4.78, 5) is 8.61. The van der Waals surface area contributed by atoms with E-state index in [0.29, 0.717) is 9.34 Å². The van der Waals surface area contributed by atoms with Crippen molar-refractivity contribution < 1.29 is 0 Å². The maximum Gasteiger partial charge on any atom is 0.185 e. The molecule has 0 atom stereocenters. The van der Waals surface area contributed by atoms with Crippen LogP contribution < -0.4 is 5.32 Å². The molecule has 5 nitrogen and oxygen atoms in total. The number of nitriles is 2. The second-order valence-corrected chi connectivity index (χ2v) is 6.17. The lowest BCUT2D eigenvalue weighted by Crippen LogP contribution is -2.12. The van der Waals surface area contributed by atoms with Gasteiger partial charge in [-0.1, -0.05) is 53.5 Å². The van der Waals surface area contributed by atoms with Gasteiger partial charge in [-0.25, -0.2) is 9.98 Å². The van der Waals surface area contributed by atoms with Crippen molar-refractivity contribution in [2.24, 2.45) is 4.99 Å². The van der Waals surface area contributed by atoms with Gasteiger partial charge in [-0.05, 0) is 5.56 Å². The van der Waals surface area contributed by atoms with Gasteiger partial charge in [0.1, 0.15) is 17.3 Å². The molecule has 0 saturated heterocycles. The highest BCUT2D eigenvalue weighted by Gasteiger charge is 2.10. The number of thiazole rings is 1. The molecule has 0 spiro atoms. The van der Waals surface area contributed by atoms with Crippen LogP contribution in [0.15, 0.2) is 46.7 Å². The summed E-state index contributed by atoms with van der Waals surface area (Å²) in [6, 6.07) is 13.1. The van der Waals surface area contributed by atoms with Gasteiger partial charge in [-0.15, -0.1) is 11.3 Å². The number of nitrogens with zero attached hydrogens (tertiary/aromatic N) is 4. The molecule has 0 unspecified atom stereocenters. The summed E-state index contributed by atoms with van der Waals surface area (Å²) in [6.45, 7) is 0.234. The first kappa shape index (κ1) is 17.0. The third-order valence-corrected chi connectivity index (χ3v) is 4.23. The van der Waals surface area contributed by atoms with Crippen molar-refractivity contribution in [3.8, 4) is 12.1 Å². The Morgan fingerprint density at radius 2 is 2.00 bits per heavy atom. The summed E-state index contributed by atoms with van der Waals surface area (Å²) in [5.74, 6) is 0. The molecule has 23 heavy (non-hydrogen) atoms. The van der Waals surface area contributed by atoms with Crippen molar-refractivity contribution in [2.45, 2.75) is 6.54 Å². The molecule has 0 radical (unpaired) electrons. The van der Waals surface area contributed by atoms with E-state index in [9.17, 15) is 10.5 Å². The number of rotatable bonds is 5. The van der Waals surface area contributed by atoms with Crippen LogP contribution in [0.25, 0.3) is 0 Å². The van der Waals surface area contributed by atoms with E-state index in [1.54, 1.807) is 0 Å². The average Bonchev–Trinajstić information content (AvgIpc) is 2.89. The number of nitrogens with one attached hydrogen (secondary N) is 1. The van der Waals surface area contributed by atoms with Crippen molar-refractivity contribution in [1.29, 1.82) is 10.5 Å². The van der Waals surface area contributed by atoms with Crippen LogP contribution in [-0.2, 0) is 6.54 Å². The Morgan fingerprint density at radius 3 is 2.57 bits per heavy atom. The molecular formula is C15H9Cl2N5S. The monoisotopic (exact) mass is 361 g/mol. The third-order valence-electron chi connectivity index (χ3n) is 2.65. The Kier molecular flexibility index (Phi) is 6.13. The van der Waals surface area contributed by atoms with Crippen LogP contribution in [0.4, 0.5) is 0 Å². The Bertz CT molecular complexity index is 828. The second kappa shape index (κ2) is 8.30. The van der Waals surface area contributed by atoms with E-state index in [1.807, 2.05) is 42.5 Å². The molecule has 2 aromatic rings. The van der Waals surface area contributed by atoms with Gasteiger partial charge in [0, 0.05) is 6.21 Å². The molecule has 2 rings (SSSR count). The van der Waals surface area contributed by atoms with E-state index >= 15 is 0 Å². The molecule has 0 saturated carbocycles. The minimum Gasteiger partial charge on any atom is -0.369 e. The molecule has 8 heteroatoms. The lowest BCUT2D eigenvalue weighted by molar-refractivity contribution is 0.839. The van der Waals surface area contributed by atoms with Gasteiger partial charge in [-0.3, -0.25) is 0 Å². The van der Waals surface area contributed by atoms with Gasteiger partial charge in [0.15, 0.2) is 15.9 Å². The number of halogens is 2. The number of aromatic nitrogens is 1. The highest BCUT2D eigenvalue weighted by molar-refractivity contribution is 7.16. The Balaban J connectivity index is 2.16. The normalized spacial score (nSPS) is 11.7. The lowest BCUT2D eigenvalue weighted by Gasteiger charge is -2.03. The summed E-state index contributed by atoms with van der Waals surface area (Å²) in [7, 11) is 0. The first-order valence-electron chi connectivity index (χ1n) is 6.32. The van der Waals surface area contributed by atoms with Crippen molar-refractivity contribution in [1.82, 2.24) is 10.3 Å². The average molecular weight is 362 g/mol. The van der Waals surface area contributed by atoms with Gasteiger partial charge in [0.2, 0.25) is 0 Å². The second-order valence-electron chi connectivity index (χ2n) is 4.15. The fraction of sp³-hybridized carbons (Fsp3) is 0.0667. The quantitative estimate of drug-likeness (QED) is 0.645. The third kappa shape index (κ3) is 4.80. The number of allylic oxidation sites excluding steroid dienone is 2. The zero-order valence-electron chi connectivity index (χ0n) is 11.6. The molecule has 0 aliphatic rings. The zero-order valence-corrected chi connectivity index (χ0v) is 14.0. The van der Waals surface area contributed by atoms with Crippen LogP contribution in [0, 0.1) is 22.7 Å². The highest BCUT2D eigenvalue weighted by Crippen LogP contribution is 2.26. The van der Waals surface area contributed by atoms with Gasteiger partial charge >= 0.3 is 0 Å². The van der Waals surface area contributed by atoms with Crippen LogP contribution in [0.3, 0.4) is 0 Å². The molecule has 0 amide bonds. The van der Waals surface area contributed by atoms with Crippen LogP contribution in [-0.4, -0.2) is 11.2 Å². The molecule has 1 heterocycles. The van der Waals surface area contributed by atoms with Gasteiger partial charge in [-0.2, -0.15) is 10.5 Å². The highest BCUT2D eigenvalue weighted by atomic mass is 35.5. The molecule has 0 fully saturated rings. The van der Waals surface area contributed by atoms with E-state index in [-0.39, 0.29) is 23.1 Å². The van der Waals surface area contributed by atoms with Crippen LogP contribution >= 0.6 is 34.5 Å². The maximum atomic E-state index is 9.21. The number of hydrogen-bond acceptors (Lipinski definition) is 6. The molecule has 114 valence electrons. The summed E-state index contributed by atoms with van der Waals surface area (Å²) < 4.78 is 0.317. The molecule has 0 bridgehead atoms. The molecule has 1 aromatic carbocycles. The summed E-state index contributed by atoms with van der Waals surface area (Å²) in [6.07, 6.45) is 1.52. The van der Waals surface area contributed by atoms with Crippen LogP contribution in [0.2, 0.25) is 9.62 Å². The van der Waals surface area contributed by atoms with E-state index in [2.05, 4.69) is 15.3 Å². The van der Waals surface area contributed by atoms with Crippen molar-refractivity contribution in [3.05, 3.63) is 61.8 Å². The SMILES string of the molecule is N#C/C(N=Cc1ccccc1)=C(\C#N)NCc1sc(Cl)nc1Cl. The first-order valence-corrected chi connectivity index (χ1v) is 7.89. The molecule has 1 aromatic heterocycles. The van der Waals surface area contributed by atoms with Crippen molar-refractivity contribution in [3.63, 3.8) is 0 Å². The minimum absolute atomic E-state index is 0.0110. The van der Waals surface area contributed by atoms with Crippen molar-refractivity contribution >= 4 is 40.8 Å². The number of hydrogen-bond donors (Lipinski definition) is 1. The fourth-order valence-electron chi connectivity index (χ4n) is 1.59. The van der Waals surface area contributed by atoms with E-state index in [0.717, 1.165) is 5.56 Å². The Labute approximate surface area is 147 Å². The summed E-state index contributed by atoms with van der Waals surface area (Å²) >= 11 is 12.9. The topological polar surface area (TPSA) is 84.9 Å². The summed E-state index contributed by atoms with van der Waals surface area (Å²) in [5, 5.41) is 21.5. The van der Waals surface area contributed by atoms with E-state index in [4.69, 9.17) is 23.2 Å². The standard InChI is InChI=1S/C15H9Cl2N5S/c16-14-13(23-15(17)22-14)9-21-12(7-19)11(6-18)20-8-10-4-2-1-3-5-10/h1-5,8,21H,9H2/b12-11-,20-8?. The molecule has 1 N–H and O–H groups in total. The smallest absolute Gasteiger partial charge is 0.185 e. The fourth-order valence-corrected chi connectivity index (χ4v) is 2.93. The van der Waals surface area contributed by atoms with Gasteiger partial charge in [0.05, 0.1) is 11.4 Å². The van der Waals surface area contributed by atoms with Crippen LogP contribution in [0.5, 0.6) is 0 Å². The predicted molar refractivity (Wildman–Crippen MR) is 91.3 cm³/mol. The van der Waals surface area contributed by atoms with Gasteiger partial charge < -0.3 is 5.32 Å². The molecule has 0 aliphatic carbocycles. The first-order chi connectivity index (χ1) is 11.1.